The van der Waals surface area contributed by atoms with Crippen molar-refractivity contribution in [1.29, 1.82) is 0 Å². The van der Waals surface area contributed by atoms with E-state index in [4.69, 9.17) is 0 Å². The number of rotatable bonds is 1. The highest BCUT2D eigenvalue weighted by atomic mass is 79.9. The summed E-state index contributed by atoms with van der Waals surface area (Å²) in [6, 6.07) is 6.87. The van der Waals surface area contributed by atoms with Gasteiger partial charge in [0.15, 0.2) is 0 Å². The Morgan fingerprint density at radius 3 is 3.06 bits per heavy atom. The van der Waals surface area contributed by atoms with Crippen molar-refractivity contribution in [2.24, 2.45) is 7.05 Å². The van der Waals surface area contributed by atoms with Crippen LogP contribution >= 0.6 is 15.9 Å². The Morgan fingerprint density at radius 2 is 2.29 bits per heavy atom. The van der Waals surface area contributed by atoms with Crippen LogP contribution in [0.25, 0.3) is 10.9 Å². The third-order valence-electron chi connectivity index (χ3n) is 3.73. The summed E-state index contributed by atoms with van der Waals surface area (Å²) in [4.78, 5) is 0. The molecule has 0 bridgehead atoms. The molecule has 1 saturated heterocycles. The topological polar surface area (TPSA) is 17.0 Å². The molecule has 3 heteroatoms. The first kappa shape index (κ1) is 11.3. The van der Waals surface area contributed by atoms with Gasteiger partial charge in [-0.3, -0.25) is 0 Å². The molecule has 0 aliphatic carbocycles. The predicted molar refractivity (Wildman–Crippen MR) is 75.5 cm³/mol. The summed E-state index contributed by atoms with van der Waals surface area (Å²) < 4.78 is 3.38. The molecule has 1 aliphatic heterocycles. The van der Waals surface area contributed by atoms with E-state index in [1.165, 1.54) is 40.3 Å². The van der Waals surface area contributed by atoms with Crippen LogP contribution in [-0.2, 0) is 7.05 Å². The van der Waals surface area contributed by atoms with Crippen LogP contribution in [0.5, 0.6) is 0 Å². The van der Waals surface area contributed by atoms with Gasteiger partial charge in [0.1, 0.15) is 0 Å². The van der Waals surface area contributed by atoms with Gasteiger partial charge in [-0.25, -0.2) is 0 Å². The number of nitrogens with zero attached hydrogens (tertiary/aromatic N) is 1. The third-order valence-corrected chi connectivity index (χ3v) is 4.37. The number of benzene rings is 1. The smallest absolute Gasteiger partial charge is 0.0492 e. The molecule has 1 aromatic carbocycles. The van der Waals surface area contributed by atoms with Gasteiger partial charge >= 0.3 is 0 Å². The van der Waals surface area contributed by atoms with Crippen LogP contribution in [0.2, 0.25) is 0 Å². The van der Waals surface area contributed by atoms with Crippen LogP contribution in [0.15, 0.2) is 28.9 Å². The van der Waals surface area contributed by atoms with Crippen LogP contribution in [0, 0.1) is 0 Å². The largest absolute Gasteiger partial charge is 0.349 e. The van der Waals surface area contributed by atoms with Crippen molar-refractivity contribution in [2.75, 3.05) is 13.1 Å². The van der Waals surface area contributed by atoms with E-state index >= 15 is 0 Å². The van der Waals surface area contributed by atoms with Crippen LogP contribution in [0.4, 0.5) is 0 Å². The minimum absolute atomic E-state index is 0.682. The van der Waals surface area contributed by atoms with Crippen molar-refractivity contribution in [3.63, 3.8) is 0 Å². The Kier molecular flexibility index (Phi) is 2.97. The molecule has 1 N–H and O–H groups in total. The zero-order valence-electron chi connectivity index (χ0n) is 10.0. The molecule has 1 fully saturated rings. The summed E-state index contributed by atoms with van der Waals surface area (Å²) >= 11 is 3.61. The lowest BCUT2D eigenvalue weighted by molar-refractivity contribution is 0.462. The second-order valence-corrected chi connectivity index (χ2v) is 5.76. The molecule has 0 radical (unpaired) electrons. The van der Waals surface area contributed by atoms with Gasteiger partial charge < -0.3 is 9.88 Å². The monoisotopic (exact) mass is 292 g/mol. The Balaban J connectivity index is 2.03. The summed E-state index contributed by atoms with van der Waals surface area (Å²) in [6.07, 6.45) is 4.73. The average molecular weight is 293 g/mol. The van der Waals surface area contributed by atoms with Gasteiger partial charge in [0, 0.05) is 35.2 Å². The lowest BCUT2D eigenvalue weighted by Gasteiger charge is -2.23. The van der Waals surface area contributed by atoms with Crippen molar-refractivity contribution in [2.45, 2.75) is 18.8 Å². The fourth-order valence-electron chi connectivity index (χ4n) is 2.74. The number of aryl methyl sites for hydroxylation is 1. The van der Waals surface area contributed by atoms with Crippen LogP contribution < -0.4 is 5.32 Å². The van der Waals surface area contributed by atoms with E-state index in [0.29, 0.717) is 5.92 Å². The van der Waals surface area contributed by atoms with Crippen LogP contribution in [-0.4, -0.2) is 17.7 Å². The molecular weight excluding hydrogens is 276 g/mol. The highest BCUT2D eigenvalue weighted by molar-refractivity contribution is 9.10. The first-order chi connectivity index (χ1) is 8.25. The van der Waals surface area contributed by atoms with Gasteiger partial charge in [-0.2, -0.15) is 0 Å². The van der Waals surface area contributed by atoms with E-state index in [-0.39, 0.29) is 0 Å². The average Bonchev–Trinajstić information content (AvgIpc) is 2.66. The second kappa shape index (κ2) is 4.46. The molecule has 1 atom stereocenters. The number of fused-ring (bicyclic) bond motifs is 1. The van der Waals surface area contributed by atoms with E-state index in [2.05, 4.69) is 57.3 Å². The zero-order valence-corrected chi connectivity index (χ0v) is 11.6. The Hall–Kier alpha value is -0.800. The first-order valence-corrected chi connectivity index (χ1v) is 7.00. The molecule has 1 unspecified atom stereocenters. The number of hydrogen-bond acceptors (Lipinski definition) is 1. The Labute approximate surface area is 110 Å². The molecule has 2 nitrogen and oxygen atoms in total. The summed E-state index contributed by atoms with van der Waals surface area (Å²) in [7, 11) is 2.11. The highest BCUT2D eigenvalue weighted by Crippen LogP contribution is 2.30. The maximum Gasteiger partial charge on any atom is 0.0492 e. The van der Waals surface area contributed by atoms with Crippen LogP contribution in [0.1, 0.15) is 24.3 Å². The summed E-state index contributed by atoms with van der Waals surface area (Å²) in [5.74, 6) is 0.682. The van der Waals surface area contributed by atoms with Gasteiger partial charge in [-0.1, -0.05) is 12.1 Å². The summed E-state index contributed by atoms with van der Waals surface area (Å²) in [5, 5.41) is 4.79. The molecule has 1 aromatic heterocycles. The maximum atomic E-state index is 3.61. The normalized spacial score (nSPS) is 20.9. The van der Waals surface area contributed by atoms with E-state index in [1.807, 2.05) is 0 Å². The van der Waals surface area contributed by atoms with Gasteiger partial charge in [-0.15, -0.1) is 0 Å². The quantitative estimate of drug-likeness (QED) is 0.852. The van der Waals surface area contributed by atoms with E-state index < -0.39 is 0 Å². The molecule has 2 aromatic rings. The number of piperidine rings is 1. The maximum absolute atomic E-state index is 3.61. The fraction of sp³-hybridized carbons (Fsp3) is 0.429. The fourth-order valence-corrected chi connectivity index (χ4v) is 3.38. The van der Waals surface area contributed by atoms with Crippen molar-refractivity contribution >= 4 is 26.8 Å². The minimum Gasteiger partial charge on any atom is -0.349 e. The SMILES string of the molecule is Cn1cc(Br)c2ccc(C3CCCNC3)cc21. The van der Waals surface area contributed by atoms with Gasteiger partial charge in [0.05, 0.1) is 0 Å². The van der Waals surface area contributed by atoms with E-state index in [1.54, 1.807) is 0 Å². The Bertz CT molecular complexity index is 538. The van der Waals surface area contributed by atoms with E-state index in [9.17, 15) is 0 Å². The van der Waals surface area contributed by atoms with Crippen molar-refractivity contribution in [1.82, 2.24) is 9.88 Å². The predicted octanol–water partition coefficient (Wildman–Crippen LogP) is 3.41. The molecule has 2 heterocycles. The summed E-state index contributed by atoms with van der Waals surface area (Å²) in [5.41, 5.74) is 2.79. The number of halogens is 1. The minimum atomic E-state index is 0.682. The molecule has 1 aliphatic rings. The molecule has 0 spiro atoms. The number of nitrogens with one attached hydrogen (secondary N) is 1. The summed E-state index contributed by atoms with van der Waals surface area (Å²) in [6.45, 7) is 2.30. The van der Waals surface area contributed by atoms with Crippen LogP contribution in [0.3, 0.4) is 0 Å². The van der Waals surface area contributed by atoms with Gasteiger partial charge in [-0.05, 0) is 52.9 Å². The van der Waals surface area contributed by atoms with E-state index in [0.717, 1.165) is 6.54 Å². The van der Waals surface area contributed by atoms with Crippen molar-refractivity contribution in [3.05, 3.63) is 34.4 Å². The standard InChI is InChI=1S/C14H17BrN2/c1-17-9-13(15)12-5-4-10(7-14(12)17)11-3-2-6-16-8-11/h4-5,7,9,11,16H,2-3,6,8H2,1H3. The number of aromatic nitrogens is 1. The molecular formula is C14H17BrN2. The number of hydrogen-bond donors (Lipinski definition) is 1. The zero-order chi connectivity index (χ0) is 11.8. The lowest BCUT2D eigenvalue weighted by atomic mass is 9.91. The molecule has 0 amide bonds. The Morgan fingerprint density at radius 1 is 1.41 bits per heavy atom. The van der Waals surface area contributed by atoms with Crippen molar-refractivity contribution in [3.8, 4) is 0 Å². The molecule has 90 valence electrons. The van der Waals surface area contributed by atoms with Gasteiger partial charge in [0.25, 0.3) is 0 Å². The second-order valence-electron chi connectivity index (χ2n) is 4.91. The lowest BCUT2D eigenvalue weighted by Crippen LogP contribution is -2.28. The van der Waals surface area contributed by atoms with Crippen molar-refractivity contribution < 1.29 is 0 Å². The molecule has 0 saturated carbocycles. The van der Waals surface area contributed by atoms with Gasteiger partial charge in [0.2, 0.25) is 0 Å². The molecule has 17 heavy (non-hydrogen) atoms. The molecule has 3 rings (SSSR count). The first-order valence-electron chi connectivity index (χ1n) is 6.21. The highest BCUT2D eigenvalue weighted by Gasteiger charge is 2.16. The third kappa shape index (κ3) is 2.02.